The zero-order valence-electron chi connectivity index (χ0n) is 9.54. The van der Waals surface area contributed by atoms with E-state index in [0.29, 0.717) is 0 Å². The van der Waals surface area contributed by atoms with E-state index in [2.05, 4.69) is 28.4 Å². The van der Waals surface area contributed by atoms with Gasteiger partial charge in [0.15, 0.2) is 0 Å². The van der Waals surface area contributed by atoms with Crippen LogP contribution in [0.2, 0.25) is 0 Å². The van der Waals surface area contributed by atoms with E-state index < -0.39 is 0 Å². The standard InChI is InChI=1S/C13H18N2O/c1-2-13-12(3-4-14-13)9-11(1)10-15-5-7-16-8-6-15/h1-2,9,14H,3-8,10H2. The molecule has 86 valence electrons. The second-order valence-corrected chi connectivity index (χ2v) is 4.56. The van der Waals surface area contributed by atoms with Crippen LogP contribution in [0, 0.1) is 0 Å². The Hall–Kier alpha value is -1.06. The Morgan fingerprint density at radius 3 is 3.00 bits per heavy atom. The Morgan fingerprint density at radius 1 is 1.25 bits per heavy atom. The zero-order chi connectivity index (χ0) is 10.8. The summed E-state index contributed by atoms with van der Waals surface area (Å²) in [4.78, 5) is 2.47. The highest BCUT2D eigenvalue weighted by molar-refractivity contribution is 5.56. The molecule has 2 aliphatic heterocycles. The van der Waals surface area contributed by atoms with Crippen LogP contribution in [-0.2, 0) is 17.7 Å². The van der Waals surface area contributed by atoms with Gasteiger partial charge < -0.3 is 10.1 Å². The summed E-state index contributed by atoms with van der Waals surface area (Å²) in [6.07, 6.45) is 1.17. The molecule has 1 fully saturated rings. The van der Waals surface area contributed by atoms with Gasteiger partial charge in [0.1, 0.15) is 0 Å². The average molecular weight is 218 g/mol. The first-order chi connectivity index (χ1) is 7.92. The summed E-state index contributed by atoms with van der Waals surface area (Å²) in [5.74, 6) is 0. The molecule has 3 heteroatoms. The molecule has 0 amide bonds. The molecule has 1 N–H and O–H groups in total. The molecule has 1 aromatic rings. The monoisotopic (exact) mass is 218 g/mol. The van der Waals surface area contributed by atoms with Crippen molar-refractivity contribution in [1.82, 2.24) is 4.90 Å². The van der Waals surface area contributed by atoms with Crippen molar-refractivity contribution in [2.24, 2.45) is 0 Å². The number of fused-ring (bicyclic) bond motifs is 1. The SMILES string of the molecule is c1cc2c(cc1CN1CCOCC1)CCN2. The van der Waals surface area contributed by atoms with Crippen LogP contribution in [0.4, 0.5) is 5.69 Å². The predicted molar refractivity (Wildman–Crippen MR) is 64.7 cm³/mol. The van der Waals surface area contributed by atoms with Gasteiger partial charge in [0.05, 0.1) is 13.2 Å². The van der Waals surface area contributed by atoms with Crippen LogP contribution in [0.1, 0.15) is 11.1 Å². The molecule has 0 spiro atoms. The minimum Gasteiger partial charge on any atom is -0.384 e. The van der Waals surface area contributed by atoms with Gasteiger partial charge in [-0.3, -0.25) is 4.90 Å². The summed E-state index contributed by atoms with van der Waals surface area (Å²) in [5, 5.41) is 3.40. The molecule has 2 heterocycles. The topological polar surface area (TPSA) is 24.5 Å². The van der Waals surface area contributed by atoms with Crippen LogP contribution in [0.15, 0.2) is 18.2 Å². The van der Waals surface area contributed by atoms with Crippen molar-refractivity contribution >= 4 is 5.69 Å². The zero-order valence-corrected chi connectivity index (χ0v) is 9.54. The molecule has 0 saturated carbocycles. The van der Waals surface area contributed by atoms with Crippen molar-refractivity contribution in [3.05, 3.63) is 29.3 Å². The lowest BCUT2D eigenvalue weighted by Gasteiger charge is -2.26. The van der Waals surface area contributed by atoms with Gasteiger partial charge in [-0.1, -0.05) is 12.1 Å². The van der Waals surface area contributed by atoms with Crippen LogP contribution in [0.25, 0.3) is 0 Å². The number of nitrogens with zero attached hydrogens (tertiary/aromatic N) is 1. The molecule has 0 bridgehead atoms. The summed E-state index contributed by atoms with van der Waals surface area (Å²) in [6, 6.07) is 6.82. The van der Waals surface area contributed by atoms with E-state index in [9.17, 15) is 0 Å². The third kappa shape index (κ3) is 2.06. The van der Waals surface area contributed by atoms with Gasteiger partial charge in [0, 0.05) is 31.9 Å². The number of anilines is 1. The number of hydrogen-bond acceptors (Lipinski definition) is 3. The summed E-state index contributed by atoms with van der Waals surface area (Å²) >= 11 is 0. The summed E-state index contributed by atoms with van der Waals surface area (Å²) in [6.45, 7) is 6.05. The molecule has 0 radical (unpaired) electrons. The molecule has 1 aromatic carbocycles. The first kappa shape index (κ1) is 10.1. The van der Waals surface area contributed by atoms with Crippen molar-refractivity contribution < 1.29 is 4.74 Å². The van der Waals surface area contributed by atoms with Gasteiger partial charge >= 0.3 is 0 Å². The Bertz CT molecular complexity index is 372. The van der Waals surface area contributed by atoms with Gasteiger partial charge in [-0.25, -0.2) is 0 Å². The van der Waals surface area contributed by atoms with E-state index in [1.165, 1.54) is 23.2 Å². The fourth-order valence-electron chi connectivity index (χ4n) is 2.47. The van der Waals surface area contributed by atoms with Crippen molar-refractivity contribution in [2.45, 2.75) is 13.0 Å². The molecular formula is C13H18N2O. The third-order valence-electron chi connectivity index (χ3n) is 3.39. The number of hydrogen-bond donors (Lipinski definition) is 1. The average Bonchev–Trinajstić information content (AvgIpc) is 2.77. The smallest absolute Gasteiger partial charge is 0.0594 e. The molecule has 16 heavy (non-hydrogen) atoms. The predicted octanol–water partition coefficient (Wildman–Crippen LogP) is 1.49. The number of ether oxygens (including phenoxy) is 1. The fraction of sp³-hybridized carbons (Fsp3) is 0.538. The lowest BCUT2D eigenvalue weighted by atomic mass is 10.1. The van der Waals surface area contributed by atoms with Crippen molar-refractivity contribution in [1.29, 1.82) is 0 Å². The molecule has 3 rings (SSSR count). The highest BCUT2D eigenvalue weighted by atomic mass is 16.5. The lowest BCUT2D eigenvalue weighted by Crippen LogP contribution is -2.35. The van der Waals surface area contributed by atoms with E-state index in [4.69, 9.17) is 4.74 Å². The van der Waals surface area contributed by atoms with Crippen LogP contribution < -0.4 is 5.32 Å². The molecule has 0 atom stereocenters. The van der Waals surface area contributed by atoms with Crippen LogP contribution in [-0.4, -0.2) is 37.7 Å². The lowest BCUT2D eigenvalue weighted by molar-refractivity contribution is 0.0342. The molecule has 0 aromatic heterocycles. The maximum Gasteiger partial charge on any atom is 0.0594 e. The van der Waals surface area contributed by atoms with Gasteiger partial charge in [0.25, 0.3) is 0 Å². The Morgan fingerprint density at radius 2 is 2.12 bits per heavy atom. The number of morpholine rings is 1. The van der Waals surface area contributed by atoms with Gasteiger partial charge in [-0.05, 0) is 23.6 Å². The van der Waals surface area contributed by atoms with Crippen molar-refractivity contribution in [2.75, 3.05) is 38.2 Å². The number of rotatable bonds is 2. The normalized spacial score (nSPS) is 20.5. The van der Waals surface area contributed by atoms with Gasteiger partial charge in [-0.2, -0.15) is 0 Å². The molecule has 3 nitrogen and oxygen atoms in total. The molecular weight excluding hydrogens is 200 g/mol. The first-order valence-electron chi connectivity index (χ1n) is 6.07. The minimum absolute atomic E-state index is 0.881. The van der Waals surface area contributed by atoms with E-state index in [-0.39, 0.29) is 0 Å². The Labute approximate surface area is 96.4 Å². The second kappa shape index (κ2) is 4.44. The van der Waals surface area contributed by atoms with Gasteiger partial charge in [0.2, 0.25) is 0 Å². The van der Waals surface area contributed by atoms with E-state index in [0.717, 1.165) is 39.4 Å². The Balaban J connectivity index is 1.69. The quantitative estimate of drug-likeness (QED) is 0.814. The fourth-order valence-corrected chi connectivity index (χ4v) is 2.47. The van der Waals surface area contributed by atoms with Crippen molar-refractivity contribution in [3.63, 3.8) is 0 Å². The van der Waals surface area contributed by atoms with E-state index in [1.807, 2.05) is 0 Å². The van der Waals surface area contributed by atoms with E-state index in [1.54, 1.807) is 0 Å². The highest BCUT2D eigenvalue weighted by Gasteiger charge is 2.13. The third-order valence-corrected chi connectivity index (χ3v) is 3.39. The largest absolute Gasteiger partial charge is 0.384 e. The Kier molecular flexibility index (Phi) is 2.80. The highest BCUT2D eigenvalue weighted by Crippen LogP contribution is 2.23. The van der Waals surface area contributed by atoms with Gasteiger partial charge in [-0.15, -0.1) is 0 Å². The summed E-state index contributed by atoms with van der Waals surface area (Å²) < 4.78 is 5.36. The number of nitrogens with one attached hydrogen (secondary N) is 1. The molecule has 0 unspecified atom stereocenters. The summed E-state index contributed by atoms with van der Waals surface area (Å²) in [5.41, 5.74) is 4.24. The molecule has 0 aliphatic carbocycles. The van der Waals surface area contributed by atoms with Crippen LogP contribution >= 0.6 is 0 Å². The number of benzene rings is 1. The molecule has 2 aliphatic rings. The maximum atomic E-state index is 5.36. The van der Waals surface area contributed by atoms with E-state index >= 15 is 0 Å². The molecule has 1 saturated heterocycles. The van der Waals surface area contributed by atoms with Crippen molar-refractivity contribution in [3.8, 4) is 0 Å². The maximum absolute atomic E-state index is 5.36. The minimum atomic E-state index is 0.881. The van der Waals surface area contributed by atoms with Crippen LogP contribution in [0.5, 0.6) is 0 Å². The van der Waals surface area contributed by atoms with Crippen LogP contribution in [0.3, 0.4) is 0 Å². The summed E-state index contributed by atoms with van der Waals surface area (Å²) in [7, 11) is 0. The second-order valence-electron chi connectivity index (χ2n) is 4.56. The first-order valence-corrected chi connectivity index (χ1v) is 6.07.